The summed E-state index contributed by atoms with van der Waals surface area (Å²) in [6.45, 7) is 1.78. The summed E-state index contributed by atoms with van der Waals surface area (Å²) in [6, 6.07) is 18.0. The van der Waals surface area contributed by atoms with Gasteiger partial charge in [-0.2, -0.15) is 0 Å². The number of fused-ring (bicyclic) bond motifs is 1. The predicted octanol–water partition coefficient (Wildman–Crippen LogP) is 3.31. The van der Waals surface area contributed by atoms with Crippen molar-refractivity contribution in [3.63, 3.8) is 0 Å². The Bertz CT molecular complexity index is 592. The Kier molecular flexibility index (Phi) is 4.37. The smallest absolute Gasteiger partial charge is 0.0388 e. The van der Waals surface area contributed by atoms with Gasteiger partial charge in [0.15, 0.2) is 0 Å². The topological polar surface area (TPSA) is 29.3 Å². The molecular weight excluding hydrogens is 256 g/mol. The van der Waals surface area contributed by atoms with E-state index in [-0.39, 0.29) is 0 Å². The molecule has 2 aromatic rings. The van der Waals surface area contributed by atoms with Crippen molar-refractivity contribution in [2.75, 3.05) is 13.6 Å². The average Bonchev–Trinajstić information content (AvgIpc) is 2.68. The maximum Gasteiger partial charge on any atom is 0.0388 e. The van der Waals surface area contributed by atoms with Gasteiger partial charge in [0.1, 0.15) is 0 Å². The van der Waals surface area contributed by atoms with Gasteiger partial charge in [0, 0.05) is 12.6 Å². The quantitative estimate of drug-likeness (QED) is 0.934. The zero-order valence-electron chi connectivity index (χ0n) is 12.8. The Morgan fingerprint density at radius 2 is 1.90 bits per heavy atom. The molecule has 2 nitrogen and oxygen atoms in total. The van der Waals surface area contributed by atoms with Gasteiger partial charge in [-0.1, -0.05) is 48.5 Å². The van der Waals surface area contributed by atoms with Crippen LogP contribution in [0.25, 0.3) is 0 Å². The third-order valence-electron chi connectivity index (χ3n) is 4.57. The molecule has 0 spiro atoms. The Labute approximate surface area is 127 Å². The first-order valence-corrected chi connectivity index (χ1v) is 7.84. The van der Waals surface area contributed by atoms with Crippen LogP contribution in [0.5, 0.6) is 0 Å². The van der Waals surface area contributed by atoms with Gasteiger partial charge in [-0.05, 0) is 55.1 Å². The van der Waals surface area contributed by atoms with E-state index >= 15 is 0 Å². The lowest BCUT2D eigenvalue weighted by Crippen LogP contribution is -2.26. The fourth-order valence-electron chi connectivity index (χ4n) is 3.32. The van der Waals surface area contributed by atoms with Crippen LogP contribution in [0.1, 0.15) is 34.7 Å². The van der Waals surface area contributed by atoms with Crippen molar-refractivity contribution in [2.24, 2.45) is 5.73 Å². The van der Waals surface area contributed by atoms with E-state index < -0.39 is 0 Å². The molecule has 0 fully saturated rings. The van der Waals surface area contributed by atoms with Gasteiger partial charge in [0.25, 0.3) is 0 Å². The zero-order chi connectivity index (χ0) is 14.7. The Morgan fingerprint density at radius 3 is 2.67 bits per heavy atom. The fourth-order valence-corrected chi connectivity index (χ4v) is 3.32. The van der Waals surface area contributed by atoms with Crippen LogP contribution in [0.15, 0.2) is 48.5 Å². The van der Waals surface area contributed by atoms with Crippen molar-refractivity contribution in [1.29, 1.82) is 0 Å². The first kappa shape index (κ1) is 14.3. The van der Waals surface area contributed by atoms with Gasteiger partial charge in [0.2, 0.25) is 0 Å². The van der Waals surface area contributed by atoms with Crippen molar-refractivity contribution >= 4 is 0 Å². The molecule has 0 aliphatic carbocycles. The first-order chi connectivity index (χ1) is 10.3. The summed E-state index contributed by atoms with van der Waals surface area (Å²) in [5.41, 5.74) is 11.5. The van der Waals surface area contributed by atoms with Crippen LogP contribution in [0, 0.1) is 0 Å². The summed E-state index contributed by atoms with van der Waals surface area (Å²) in [4.78, 5) is 2.50. The minimum Gasteiger partial charge on any atom is -0.326 e. The van der Waals surface area contributed by atoms with Gasteiger partial charge in [0.05, 0.1) is 0 Å². The predicted molar refractivity (Wildman–Crippen MR) is 88.2 cm³/mol. The van der Waals surface area contributed by atoms with Gasteiger partial charge < -0.3 is 5.73 Å². The van der Waals surface area contributed by atoms with Crippen LogP contribution in [0.4, 0.5) is 0 Å². The molecule has 0 amide bonds. The maximum absolute atomic E-state index is 5.84. The van der Waals surface area contributed by atoms with Crippen molar-refractivity contribution in [2.45, 2.75) is 31.8 Å². The van der Waals surface area contributed by atoms with E-state index in [4.69, 9.17) is 5.73 Å². The third-order valence-corrected chi connectivity index (χ3v) is 4.57. The number of nitrogens with zero attached hydrogens (tertiary/aromatic N) is 1. The lowest BCUT2D eigenvalue weighted by molar-refractivity contribution is 0.248. The second kappa shape index (κ2) is 6.42. The Hall–Kier alpha value is -1.64. The molecule has 1 atom stereocenters. The molecule has 2 heteroatoms. The molecule has 1 heterocycles. The zero-order valence-corrected chi connectivity index (χ0v) is 12.8. The van der Waals surface area contributed by atoms with E-state index in [1.54, 1.807) is 0 Å². The maximum atomic E-state index is 5.84. The summed E-state index contributed by atoms with van der Waals surface area (Å²) < 4.78 is 0. The summed E-state index contributed by atoms with van der Waals surface area (Å²) in [6.07, 6.45) is 3.48. The molecule has 1 aliphatic heterocycles. The molecule has 1 aliphatic rings. The molecule has 1 unspecified atom stereocenters. The van der Waals surface area contributed by atoms with Crippen LogP contribution in [-0.4, -0.2) is 18.5 Å². The number of hydrogen-bond donors (Lipinski definition) is 1. The molecule has 110 valence electrons. The van der Waals surface area contributed by atoms with Gasteiger partial charge in [-0.3, -0.25) is 4.90 Å². The second-order valence-electron chi connectivity index (χ2n) is 6.03. The van der Waals surface area contributed by atoms with Crippen molar-refractivity contribution in [1.82, 2.24) is 4.90 Å². The number of benzene rings is 2. The lowest BCUT2D eigenvalue weighted by Gasteiger charge is -2.28. The monoisotopic (exact) mass is 280 g/mol. The van der Waals surface area contributed by atoms with E-state index in [2.05, 4.69) is 60.5 Å². The van der Waals surface area contributed by atoms with E-state index in [0.717, 1.165) is 13.0 Å². The molecule has 0 radical (unpaired) electrons. The second-order valence-corrected chi connectivity index (χ2v) is 6.03. The van der Waals surface area contributed by atoms with E-state index in [1.165, 1.54) is 35.1 Å². The minimum absolute atomic E-state index is 0.455. The number of hydrogen-bond acceptors (Lipinski definition) is 2. The molecule has 0 saturated carbocycles. The summed E-state index contributed by atoms with van der Waals surface area (Å²) in [7, 11) is 2.25. The van der Waals surface area contributed by atoms with Crippen LogP contribution < -0.4 is 5.73 Å². The Morgan fingerprint density at radius 1 is 1.10 bits per heavy atom. The number of rotatable bonds is 3. The van der Waals surface area contributed by atoms with Crippen LogP contribution >= 0.6 is 0 Å². The first-order valence-electron chi connectivity index (χ1n) is 7.84. The Balaban J connectivity index is 1.97. The van der Waals surface area contributed by atoms with Gasteiger partial charge in [-0.25, -0.2) is 0 Å². The normalized spacial score (nSPS) is 19.0. The highest BCUT2D eigenvalue weighted by Gasteiger charge is 2.23. The molecular formula is C19H24N2. The van der Waals surface area contributed by atoms with Gasteiger partial charge in [-0.15, -0.1) is 0 Å². The summed E-state index contributed by atoms with van der Waals surface area (Å²) in [5.74, 6) is 0. The highest BCUT2D eigenvalue weighted by molar-refractivity contribution is 5.36. The average molecular weight is 280 g/mol. The van der Waals surface area contributed by atoms with E-state index in [9.17, 15) is 0 Å². The summed E-state index contributed by atoms with van der Waals surface area (Å²) >= 11 is 0. The number of likely N-dealkylation sites (N-methyl/N-ethyl adjacent to an activating group) is 1. The summed E-state index contributed by atoms with van der Waals surface area (Å²) in [5, 5.41) is 0. The van der Waals surface area contributed by atoms with Crippen molar-refractivity contribution in [3.05, 3.63) is 70.8 Å². The lowest BCUT2D eigenvalue weighted by atomic mass is 9.92. The largest absolute Gasteiger partial charge is 0.326 e. The fraction of sp³-hybridized carbons (Fsp3) is 0.368. The molecule has 0 saturated heterocycles. The third kappa shape index (κ3) is 3.17. The van der Waals surface area contributed by atoms with Crippen molar-refractivity contribution < 1.29 is 0 Å². The van der Waals surface area contributed by atoms with E-state index in [0.29, 0.717) is 12.6 Å². The molecule has 21 heavy (non-hydrogen) atoms. The molecule has 0 aromatic heterocycles. The van der Waals surface area contributed by atoms with Crippen molar-refractivity contribution in [3.8, 4) is 0 Å². The SMILES string of the molecule is CN1CCCc2ccc(CN)cc2C1Cc1ccccc1. The van der Waals surface area contributed by atoms with Crippen LogP contribution in [-0.2, 0) is 19.4 Å². The molecule has 2 N–H and O–H groups in total. The van der Waals surface area contributed by atoms with Crippen LogP contribution in [0.2, 0.25) is 0 Å². The highest BCUT2D eigenvalue weighted by Crippen LogP contribution is 2.31. The molecule has 2 aromatic carbocycles. The molecule has 0 bridgehead atoms. The van der Waals surface area contributed by atoms with E-state index in [1.807, 2.05) is 0 Å². The standard InChI is InChI=1S/C19H24N2/c1-21-11-5-8-17-10-9-16(14-20)12-18(17)19(21)13-15-6-3-2-4-7-15/h2-4,6-7,9-10,12,19H,5,8,11,13-14,20H2,1H3. The number of nitrogens with two attached hydrogens (primary N) is 1. The van der Waals surface area contributed by atoms with Crippen LogP contribution in [0.3, 0.4) is 0 Å². The minimum atomic E-state index is 0.455. The number of aryl methyl sites for hydroxylation is 1. The highest BCUT2D eigenvalue weighted by atomic mass is 15.1. The molecule has 3 rings (SSSR count). The van der Waals surface area contributed by atoms with Gasteiger partial charge >= 0.3 is 0 Å².